The van der Waals surface area contributed by atoms with E-state index in [1.54, 1.807) is 34.5 Å². The first kappa shape index (κ1) is 15.2. The minimum absolute atomic E-state index is 0.0334. The molecular formula is C16H17N5OS. The molecule has 2 amide bonds. The van der Waals surface area contributed by atoms with Crippen LogP contribution in [0.3, 0.4) is 0 Å². The lowest BCUT2D eigenvalue weighted by molar-refractivity contribution is 0.249. The molecule has 23 heavy (non-hydrogen) atoms. The number of nitrogens with zero attached hydrogens (tertiary/aromatic N) is 3. The van der Waals surface area contributed by atoms with Crippen molar-refractivity contribution in [3.05, 3.63) is 64.7 Å². The molecule has 0 spiro atoms. The van der Waals surface area contributed by atoms with E-state index < -0.39 is 0 Å². The first-order valence-electron chi connectivity index (χ1n) is 7.24. The van der Waals surface area contributed by atoms with Crippen molar-refractivity contribution < 1.29 is 4.79 Å². The van der Waals surface area contributed by atoms with E-state index in [0.717, 1.165) is 10.4 Å². The zero-order chi connectivity index (χ0) is 16.1. The van der Waals surface area contributed by atoms with E-state index >= 15 is 0 Å². The first-order valence-corrected chi connectivity index (χ1v) is 8.12. The minimum atomic E-state index is -0.264. The van der Waals surface area contributed by atoms with Gasteiger partial charge in [0.25, 0.3) is 0 Å². The van der Waals surface area contributed by atoms with Gasteiger partial charge in [0.15, 0.2) is 5.82 Å². The number of hydrogen-bond donors (Lipinski definition) is 2. The Balaban J connectivity index is 1.55. The molecule has 3 heterocycles. The van der Waals surface area contributed by atoms with E-state index in [9.17, 15) is 4.79 Å². The van der Waals surface area contributed by atoms with Crippen LogP contribution in [0.25, 0.3) is 0 Å². The lowest BCUT2D eigenvalue weighted by Gasteiger charge is -2.12. The predicted octanol–water partition coefficient (Wildman–Crippen LogP) is 3.27. The second-order valence-corrected chi connectivity index (χ2v) is 6.07. The fraction of sp³-hybridized carbons (Fsp3) is 0.188. The number of amides is 2. The monoisotopic (exact) mass is 327 g/mol. The van der Waals surface area contributed by atoms with Gasteiger partial charge in [0, 0.05) is 29.5 Å². The average molecular weight is 327 g/mol. The summed E-state index contributed by atoms with van der Waals surface area (Å²) in [6.07, 6.45) is 5.33. The second kappa shape index (κ2) is 7.06. The normalized spacial score (nSPS) is 11.9. The maximum atomic E-state index is 12.0. The third-order valence-electron chi connectivity index (χ3n) is 3.29. The maximum absolute atomic E-state index is 12.0. The summed E-state index contributed by atoms with van der Waals surface area (Å²) in [6, 6.07) is 9.31. The summed E-state index contributed by atoms with van der Waals surface area (Å²) in [4.78, 5) is 17.1. The zero-order valence-corrected chi connectivity index (χ0v) is 13.5. The molecule has 118 valence electrons. The van der Waals surface area contributed by atoms with Crippen molar-refractivity contribution in [1.29, 1.82) is 0 Å². The molecule has 0 bridgehead atoms. The van der Waals surface area contributed by atoms with Gasteiger partial charge in [-0.1, -0.05) is 6.07 Å². The van der Waals surface area contributed by atoms with Crippen molar-refractivity contribution in [2.45, 2.75) is 19.5 Å². The van der Waals surface area contributed by atoms with E-state index in [4.69, 9.17) is 0 Å². The standard InChI is InChI=1S/C16H17N5OS/c1-12(14-3-2-10-23-14)18-16(22)19-15-6-9-21(20-15)11-13-4-7-17-8-5-13/h2-10,12H,11H2,1H3,(H2,18,19,20,22)/t12-/m1/s1. The summed E-state index contributed by atoms with van der Waals surface area (Å²) in [7, 11) is 0. The number of nitrogens with one attached hydrogen (secondary N) is 2. The molecule has 3 aromatic heterocycles. The van der Waals surface area contributed by atoms with Gasteiger partial charge in [0.05, 0.1) is 12.6 Å². The first-order chi connectivity index (χ1) is 11.2. The van der Waals surface area contributed by atoms with Crippen molar-refractivity contribution in [2.75, 3.05) is 5.32 Å². The van der Waals surface area contributed by atoms with Gasteiger partial charge < -0.3 is 5.32 Å². The number of aromatic nitrogens is 3. The molecule has 7 heteroatoms. The van der Waals surface area contributed by atoms with Gasteiger partial charge in [0.1, 0.15) is 0 Å². The zero-order valence-electron chi connectivity index (χ0n) is 12.6. The largest absolute Gasteiger partial charge is 0.330 e. The highest BCUT2D eigenvalue weighted by Gasteiger charge is 2.11. The third kappa shape index (κ3) is 4.17. The highest BCUT2D eigenvalue weighted by Crippen LogP contribution is 2.18. The van der Waals surface area contributed by atoms with Crippen molar-refractivity contribution in [2.24, 2.45) is 0 Å². The molecule has 0 unspecified atom stereocenters. The number of pyridine rings is 1. The number of urea groups is 1. The van der Waals surface area contributed by atoms with Crippen LogP contribution in [0.15, 0.2) is 54.3 Å². The fourth-order valence-electron chi connectivity index (χ4n) is 2.15. The number of carbonyl (C=O) groups is 1. The fourth-order valence-corrected chi connectivity index (χ4v) is 2.88. The second-order valence-electron chi connectivity index (χ2n) is 5.09. The Labute approximate surface area is 138 Å². The molecule has 0 aromatic carbocycles. The predicted molar refractivity (Wildman–Crippen MR) is 90.5 cm³/mol. The molecule has 0 aliphatic carbocycles. The summed E-state index contributed by atoms with van der Waals surface area (Å²) in [6.45, 7) is 2.59. The quantitative estimate of drug-likeness (QED) is 0.755. The summed E-state index contributed by atoms with van der Waals surface area (Å²) < 4.78 is 1.77. The number of hydrogen-bond acceptors (Lipinski definition) is 4. The van der Waals surface area contributed by atoms with Crippen molar-refractivity contribution >= 4 is 23.2 Å². The molecule has 0 aliphatic rings. The van der Waals surface area contributed by atoms with Crippen molar-refractivity contribution in [3.8, 4) is 0 Å². The van der Waals surface area contributed by atoms with E-state index in [0.29, 0.717) is 12.4 Å². The Bertz CT molecular complexity index is 754. The number of carbonyl (C=O) groups excluding carboxylic acids is 1. The van der Waals surface area contributed by atoms with Crippen LogP contribution in [0.5, 0.6) is 0 Å². The maximum Gasteiger partial charge on any atom is 0.320 e. The molecule has 0 saturated carbocycles. The van der Waals surface area contributed by atoms with Gasteiger partial charge in [-0.15, -0.1) is 11.3 Å². The average Bonchev–Trinajstić information content (AvgIpc) is 3.20. The number of thiophene rings is 1. The summed E-state index contributed by atoms with van der Waals surface area (Å²) in [5.41, 5.74) is 1.10. The Hall–Kier alpha value is -2.67. The molecule has 3 rings (SSSR count). The number of anilines is 1. The van der Waals surface area contributed by atoms with E-state index in [2.05, 4.69) is 20.7 Å². The Morgan fingerprint density at radius 2 is 2.13 bits per heavy atom. The van der Waals surface area contributed by atoms with Gasteiger partial charge in [-0.05, 0) is 36.1 Å². The molecule has 6 nitrogen and oxygen atoms in total. The topological polar surface area (TPSA) is 71.8 Å². The van der Waals surface area contributed by atoms with Crippen LogP contribution in [-0.2, 0) is 6.54 Å². The molecule has 3 aromatic rings. The third-order valence-corrected chi connectivity index (χ3v) is 4.35. The minimum Gasteiger partial charge on any atom is -0.330 e. The van der Waals surface area contributed by atoms with E-state index in [1.807, 2.05) is 42.8 Å². The lowest BCUT2D eigenvalue weighted by atomic mass is 10.3. The van der Waals surface area contributed by atoms with Crippen LogP contribution in [-0.4, -0.2) is 20.8 Å². The van der Waals surface area contributed by atoms with Gasteiger partial charge in [-0.2, -0.15) is 5.10 Å². The highest BCUT2D eigenvalue weighted by molar-refractivity contribution is 7.10. The van der Waals surface area contributed by atoms with Crippen LogP contribution >= 0.6 is 11.3 Å². The lowest BCUT2D eigenvalue weighted by Crippen LogP contribution is -2.30. The Morgan fingerprint density at radius 1 is 1.30 bits per heavy atom. The van der Waals surface area contributed by atoms with Gasteiger partial charge in [-0.3, -0.25) is 15.0 Å². The Morgan fingerprint density at radius 3 is 2.87 bits per heavy atom. The molecule has 0 fully saturated rings. The van der Waals surface area contributed by atoms with Gasteiger partial charge in [0.2, 0.25) is 0 Å². The molecule has 2 N–H and O–H groups in total. The van der Waals surface area contributed by atoms with Gasteiger partial charge in [-0.25, -0.2) is 4.79 Å². The van der Waals surface area contributed by atoms with Crippen LogP contribution in [0, 0.1) is 0 Å². The Kier molecular flexibility index (Phi) is 4.68. The number of rotatable bonds is 5. The molecule has 0 saturated heterocycles. The summed E-state index contributed by atoms with van der Waals surface area (Å²) in [5.74, 6) is 0.523. The molecule has 1 atom stereocenters. The molecule has 0 radical (unpaired) electrons. The molecule has 0 aliphatic heterocycles. The summed E-state index contributed by atoms with van der Waals surface area (Å²) in [5, 5.41) is 12.0. The van der Waals surface area contributed by atoms with E-state index in [1.165, 1.54) is 0 Å². The van der Waals surface area contributed by atoms with Crippen LogP contribution in [0.4, 0.5) is 10.6 Å². The van der Waals surface area contributed by atoms with Crippen molar-refractivity contribution in [1.82, 2.24) is 20.1 Å². The smallest absolute Gasteiger partial charge is 0.320 e. The SMILES string of the molecule is C[C@@H](NC(=O)Nc1ccn(Cc2ccncc2)n1)c1cccs1. The molecular weight excluding hydrogens is 310 g/mol. The van der Waals surface area contributed by atoms with Crippen molar-refractivity contribution in [3.63, 3.8) is 0 Å². The van der Waals surface area contributed by atoms with Gasteiger partial charge >= 0.3 is 6.03 Å². The van der Waals surface area contributed by atoms with Crippen LogP contribution in [0.2, 0.25) is 0 Å². The van der Waals surface area contributed by atoms with E-state index in [-0.39, 0.29) is 12.1 Å². The highest BCUT2D eigenvalue weighted by atomic mass is 32.1. The van der Waals surface area contributed by atoms with Crippen LogP contribution < -0.4 is 10.6 Å². The van der Waals surface area contributed by atoms with Crippen LogP contribution in [0.1, 0.15) is 23.4 Å². The summed E-state index contributed by atoms with van der Waals surface area (Å²) >= 11 is 1.62.